The van der Waals surface area contributed by atoms with Crippen molar-refractivity contribution in [2.24, 2.45) is 16.2 Å². The molecule has 0 radical (unpaired) electrons. The summed E-state index contributed by atoms with van der Waals surface area (Å²) in [6.45, 7) is 16.8. The zero-order chi connectivity index (χ0) is 40.7. The molecule has 4 saturated carbocycles. The minimum Gasteiger partial charge on any atom is -0.476 e. The van der Waals surface area contributed by atoms with Crippen molar-refractivity contribution in [1.29, 1.82) is 0 Å². The van der Waals surface area contributed by atoms with E-state index in [4.69, 9.17) is 19.8 Å². The maximum atomic E-state index is 13.0. The molecule has 2 unspecified atom stereocenters. The minimum atomic E-state index is -1.07. The topological polar surface area (TPSA) is 138 Å². The number of aromatic nitrogens is 6. The number of hydrogen-bond acceptors (Lipinski definition) is 12. The third-order valence-corrected chi connectivity index (χ3v) is 15.8. The summed E-state index contributed by atoms with van der Waals surface area (Å²) >= 11 is 4.02. The molecule has 2 aliphatic heterocycles. The fraction of sp³-hybridized carbons (Fsp3) is 0.545. The highest BCUT2D eigenvalue weighted by molar-refractivity contribution is 14.1. The standard InChI is InChI=1S/C44H53IN10O3S/c1-28-30-8-7-13-54(38(30)51-50-37(28)49-40-47-33-9-5-6-10-34(33)59-40)35-12-11-31(36(48-35)39(56)57)32-20-46-55(29(32)2)27-43-22-41(3)21-42(4,23-43)25-44(24-41,26-43)58-19-18-52-14-16-53(45)17-15-52/h5-6,9-12,20H,7-8,13-19,21-27H2,1-4H3,(H,56,57)(H,47,49,50)/t41-,42+,43?,44?. The number of pyridine rings is 1. The number of para-hydroxylation sites is 1. The van der Waals surface area contributed by atoms with Gasteiger partial charge in [0.05, 0.1) is 28.6 Å². The molecule has 6 aliphatic rings. The quantitative estimate of drug-likeness (QED) is 0.0970. The van der Waals surface area contributed by atoms with Crippen molar-refractivity contribution in [3.05, 3.63) is 65.1 Å². The molecule has 1 saturated heterocycles. The van der Waals surface area contributed by atoms with E-state index in [1.54, 1.807) is 11.3 Å². The second-order valence-corrected chi connectivity index (χ2v) is 21.4. The van der Waals surface area contributed by atoms with E-state index in [0.29, 0.717) is 29.6 Å². The van der Waals surface area contributed by atoms with Crippen LogP contribution >= 0.6 is 34.2 Å². The Kier molecular flexibility index (Phi) is 9.81. The average molecular weight is 929 g/mol. The Bertz CT molecular complexity index is 2390. The van der Waals surface area contributed by atoms with Gasteiger partial charge in [0.2, 0.25) is 0 Å². The van der Waals surface area contributed by atoms with Crippen LogP contribution in [-0.2, 0) is 17.7 Å². The van der Waals surface area contributed by atoms with Gasteiger partial charge in [0, 0.05) is 96.6 Å². The molecule has 4 atom stereocenters. The molecule has 310 valence electrons. The van der Waals surface area contributed by atoms with Gasteiger partial charge in [-0.05, 0) is 106 Å². The van der Waals surface area contributed by atoms with Gasteiger partial charge in [-0.3, -0.25) is 9.58 Å². The van der Waals surface area contributed by atoms with E-state index in [2.05, 4.69) is 84.8 Å². The summed E-state index contributed by atoms with van der Waals surface area (Å²) in [6.07, 6.45) is 10.5. The number of carbonyl (C=O) groups is 1. The molecule has 15 heteroatoms. The first kappa shape index (κ1) is 39.4. The van der Waals surface area contributed by atoms with Crippen LogP contribution in [0.2, 0.25) is 0 Å². The van der Waals surface area contributed by atoms with Gasteiger partial charge < -0.3 is 20.1 Å². The number of aromatic carboxylic acids is 1. The van der Waals surface area contributed by atoms with Crippen LogP contribution in [0, 0.1) is 30.1 Å². The van der Waals surface area contributed by atoms with E-state index in [0.717, 1.165) is 116 Å². The molecule has 4 bridgehead atoms. The van der Waals surface area contributed by atoms with Crippen LogP contribution < -0.4 is 10.2 Å². The fourth-order valence-electron chi connectivity index (χ4n) is 12.6. The van der Waals surface area contributed by atoms with E-state index in [9.17, 15) is 9.90 Å². The summed E-state index contributed by atoms with van der Waals surface area (Å²) in [5.41, 5.74) is 5.82. The van der Waals surface area contributed by atoms with Crippen molar-refractivity contribution in [3.63, 3.8) is 0 Å². The summed E-state index contributed by atoms with van der Waals surface area (Å²) in [4.78, 5) is 27.1. The second kappa shape index (κ2) is 14.7. The molecular weight excluding hydrogens is 876 g/mol. The number of rotatable bonds is 11. The highest BCUT2D eigenvalue weighted by Gasteiger charge is 2.66. The Morgan fingerprint density at radius 3 is 2.47 bits per heavy atom. The molecule has 0 amide bonds. The summed E-state index contributed by atoms with van der Waals surface area (Å²) in [6, 6.07) is 11.9. The van der Waals surface area contributed by atoms with Crippen LogP contribution in [-0.4, -0.2) is 101 Å². The number of piperazine rings is 1. The predicted octanol–water partition coefficient (Wildman–Crippen LogP) is 8.59. The summed E-state index contributed by atoms with van der Waals surface area (Å²) in [5.74, 6) is 0.862. The van der Waals surface area contributed by atoms with Gasteiger partial charge in [0.25, 0.3) is 0 Å². The van der Waals surface area contributed by atoms with Crippen LogP contribution in [0.5, 0.6) is 0 Å². The largest absolute Gasteiger partial charge is 0.476 e. The van der Waals surface area contributed by atoms with Crippen LogP contribution in [0.25, 0.3) is 21.3 Å². The van der Waals surface area contributed by atoms with E-state index in [1.807, 2.05) is 41.4 Å². The number of fused-ring (bicyclic) bond motifs is 2. The van der Waals surface area contributed by atoms with Crippen molar-refractivity contribution < 1.29 is 14.6 Å². The molecule has 2 N–H and O–H groups in total. The van der Waals surface area contributed by atoms with Gasteiger partial charge in [-0.2, -0.15) is 5.10 Å². The minimum absolute atomic E-state index is 0.0122. The molecule has 6 heterocycles. The number of carboxylic acid groups (broad SMARTS) is 1. The lowest BCUT2D eigenvalue weighted by Crippen LogP contribution is -2.64. The monoisotopic (exact) mass is 928 g/mol. The molecular formula is C44H53IN10O3S. The van der Waals surface area contributed by atoms with Crippen LogP contribution in [0.15, 0.2) is 42.6 Å². The van der Waals surface area contributed by atoms with Gasteiger partial charge in [-0.1, -0.05) is 37.3 Å². The number of ether oxygens (including phenoxy) is 1. The highest BCUT2D eigenvalue weighted by atomic mass is 127. The number of anilines is 4. The van der Waals surface area contributed by atoms with Crippen molar-refractivity contribution >= 4 is 73.0 Å². The molecule has 5 aromatic rings. The molecule has 4 aromatic heterocycles. The number of benzene rings is 1. The Morgan fingerprint density at radius 2 is 1.71 bits per heavy atom. The molecule has 59 heavy (non-hydrogen) atoms. The summed E-state index contributed by atoms with van der Waals surface area (Å²) < 4.78 is 12.7. The molecule has 11 rings (SSSR count). The second-order valence-electron chi connectivity index (χ2n) is 19.0. The Morgan fingerprint density at radius 1 is 0.932 bits per heavy atom. The van der Waals surface area contributed by atoms with Gasteiger partial charge >= 0.3 is 5.97 Å². The van der Waals surface area contributed by atoms with E-state index in [1.165, 1.54) is 19.3 Å². The van der Waals surface area contributed by atoms with Gasteiger partial charge in [0.15, 0.2) is 22.5 Å². The van der Waals surface area contributed by atoms with Crippen LogP contribution in [0.4, 0.5) is 22.6 Å². The molecule has 4 aliphatic carbocycles. The fourth-order valence-corrected chi connectivity index (χ4v) is 13.9. The molecule has 0 spiro atoms. The number of carboxylic acids is 1. The average Bonchev–Trinajstić information content (AvgIpc) is 3.76. The number of hydrogen-bond donors (Lipinski definition) is 2. The highest BCUT2D eigenvalue weighted by Crippen LogP contribution is 2.72. The third-order valence-electron chi connectivity index (χ3n) is 13.9. The normalized spacial score (nSPS) is 28.1. The lowest BCUT2D eigenvalue weighted by molar-refractivity contribution is -0.249. The van der Waals surface area contributed by atoms with Gasteiger partial charge in [-0.25, -0.2) is 17.9 Å². The summed E-state index contributed by atoms with van der Waals surface area (Å²) in [7, 11) is 0. The number of nitrogens with zero attached hydrogens (tertiary/aromatic N) is 9. The maximum absolute atomic E-state index is 13.0. The Labute approximate surface area is 363 Å². The summed E-state index contributed by atoms with van der Waals surface area (Å²) in [5, 5.41) is 29.0. The zero-order valence-corrected chi connectivity index (χ0v) is 37.4. The van der Waals surface area contributed by atoms with Crippen molar-refractivity contribution in [3.8, 4) is 11.1 Å². The predicted molar refractivity (Wildman–Crippen MR) is 239 cm³/mol. The lowest BCUT2D eigenvalue weighted by Gasteiger charge is -2.69. The van der Waals surface area contributed by atoms with Crippen LogP contribution in [0.3, 0.4) is 0 Å². The third kappa shape index (κ3) is 7.31. The molecule has 1 aromatic carbocycles. The first-order valence-corrected chi connectivity index (χ1v) is 22.9. The zero-order valence-electron chi connectivity index (χ0n) is 34.4. The number of thiazole rings is 1. The van der Waals surface area contributed by atoms with Gasteiger partial charge in [-0.15, -0.1) is 10.2 Å². The van der Waals surface area contributed by atoms with E-state index in [-0.39, 0.29) is 27.5 Å². The van der Waals surface area contributed by atoms with Crippen molar-refractivity contribution in [2.75, 3.05) is 56.1 Å². The smallest absolute Gasteiger partial charge is 0.355 e. The first-order chi connectivity index (χ1) is 28.3. The Hall–Kier alpha value is -3.77. The lowest BCUT2D eigenvalue weighted by atomic mass is 9.39. The van der Waals surface area contributed by atoms with Crippen LogP contribution in [0.1, 0.15) is 86.1 Å². The SMILES string of the molecule is Cc1c(Nc2nc3ccccc3s2)nnc2c1CCCN2c1ccc(-c2cnn(CC34CC5(OCCN6CCN(I)CC6)C[C@](C)(C3)C[C@](C)(C4)C5)c2C)c(C(=O)O)n1. The molecule has 13 nitrogen and oxygen atoms in total. The maximum Gasteiger partial charge on any atom is 0.355 e. The van der Waals surface area contributed by atoms with E-state index >= 15 is 0 Å². The van der Waals surface area contributed by atoms with Crippen molar-refractivity contribution in [2.45, 2.75) is 91.2 Å². The number of nitrogens with one attached hydrogen (secondary N) is 1. The first-order valence-electron chi connectivity index (χ1n) is 21.1. The number of halogens is 1. The van der Waals surface area contributed by atoms with E-state index < -0.39 is 5.97 Å². The Balaban J connectivity index is 0.890. The van der Waals surface area contributed by atoms with Crippen molar-refractivity contribution in [1.82, 2.24) is 38.0 Å². The van der Waals surface area contributed by atoms with Gasteiger partial charge in [0.1, 0.15) is 5.82 Å². The molecule has 5 fully saturated rings.